The van der Waals surface area contributed by atoms with E-state index in [1.165, 1.54) is 12.1 Å². The van der Waals surface area contributed by atoms with E-state index in [-0.39, 0.29) is 5.11 Å². The molecule has 2 rings (SSSR count). The van der Waals surface area contributed by atoms with Gasteiger partial charge in [0.15, 0.2) is 10.2 Å². The van der Waals surface area contributed by atoms with Crippen LogP contribution in [-0.4, -0.2) is 47.3 Å². The average molecular weight is 352 g/mol. The topological polar surface area (TPSA) is 56.6 Å². The molecule has 1 aliphatic rings. The van der Waals surface area contributed by atoms with Crippen LogP contribution in [0.4, 0.5) is 11.4 Å². The fourth-order valence-corrected chi connectivity index (χ4v) is 3.10. The second kappa shape index (κ2) is 8.42. The molecular formula is C16H25N5S2. The van der Waals surface area contributed by atoms with Crippen LogP contribution in [0.25, 0.3) is 0 Å². The van der Waals surface area contributed by atoms with Gasteiger partial charge in [-0.15, -0.1) is 0 Å². The Balaban J connectivity index is 1.88. The van der Waals surface area contributed by atoms with E-state index < -0.39 is 0 Å². The van der Waals surface area contributed by atoms with Gasteiger partial charge >= 0.3 is 0 Å². The summed E-state index contributed by atoms with van der Waals surface area (Å²) in [5.74, 6) is 0. The summed E-state index contributed by atoms with van der Waals surface area (Å²) in [6.07, 6.45) is 1.21. The van der Waals surface area contributed by atoms with Crippen molar-refractivity contribution in [3.05, 3.63) is 24.3 Å². The molecule has 0 aliphatic carbocycles. The quantitative estimate of drug-likeness (QED) is 0.719. The summed E-state index contributed by atoms with van der Waals surface area (Å²) in [6, 6.07) is 8.94. The van der Waals surface area contributed by atoms with Gasteiger partial charge < -0.3 is 21.3 Å². The Kier molecular flexibility index (Phi) is 6.56. The molecule has 1 aromatic rings. The summed E-state index contributed by atoms with van der Waals surface area (Å²) in [4.78, 5) is 4.99. The maximum atomic E-state index is 5.39. The van der Waals surface area contributed by atoms with E-state index in [0.717, 1.165) is 31.9 Å². The second-order valence-electron chi connectivity index (χ2n) is 5.77. The molecule has 1 saturated heterocycles. The molecule has 0 bridgehead atoms. The number of thiocarbonyl (C=S) groups is 2. The van der Waals surface area contributed by atoms with Crippen molar-refractivity contribution in [2.24, 2.45) is 5.73 Å². The van der Waals surface area contributed by atoms with Crippen LogP contribution in [0.15, 0.2) is 24.3 Å². The van der Waals surface area contributed by atoms with Gasteiger partial charge in [0.1, 0.15) is 0 Å². The minimum atomic E-state index is 0.165. The lowest BCUT2D eigenvalue weighted by Gasteiger charge is -2.39. The zero-order chi connectivity index (χ0) is 16.8. The zero-order valence-electron chi connectivity index (χ0n) is 13.7. The number of nitrogens with two attached hydrogens (primary N) is 1. The highest BCUT2D eigenvalue weighted by Gasteiger charge is 2.20. The Labute approximate surface area is 149 Å². The van der Waals surface area contributed by atoms with Crippen molar-refractivity contribution in [1.29, 1.82) is 0 Å². The largest absolute Gasteiger partial charge is 0.376 e. The fourth-order valence-electron chi connectivity index (χ4n) is 2.71. The lowest BCUT2D eigenvalue weighted by atomic mass is 10.1. The van der Waals surface area contributed by atoms with Crippen molar-refractivity contribution in [3.8, 4) is 0 Å². The van der Waals surface area contributed by atoms with Gasteiger partial charge in [0.2, 0.25) is 0 Å². The predicted molar refractivity (Wildman–Crippen MR) is 106 cm³/mol. The summed E-state index contributed by atoms with van der Waals surface area (Å²) in [6.45, 7) is 8.93. The molecule has 1 atom stereocenters. The third kappa shape index (κ3) is 5.30. The molecule has 1 unspecified atom stereocenters. The van der Waals surface area contributed by atoms with Crippen LogP contribution in [0.2, 0.25) is 0 Å². The molecule has 126 valence electrons. The fraction of sp³-hybridized carbons (Fsp3) is 0.500. The third-order valence-electron chi connectivity index (χ3n) is 4.26. The summed E-state index contributed by atoms with van der Waals surface area (Å²) in [5.41, 5.74) is 7.55. The van der Waals surface area contributed by atoms with Crippen LogP contribution in [0.5, 0.6) is 0 Å². The minimum absolute atomic E-state index is 0.165. The lowest BCUT2D eigenvalue weighted by Crippen LogP contribution is -2.49. The molecule has 1 fully saturated rings. The highest BCUT2D eigenvalue weighted by atomic mass is 32.1. The Morgan fingerprint density at radius 2 is 1.78 bits per heavy atom. The van der Waals surface area contributed by atoms with E-state index in [1.807, 2.05) is 12.1 Å². The normalized spacial score (nSPS) is 16.7. The van der Waals surface area contributed by atoms with E-state index in [9.17, 15) is 0 Å². The summed E-state index contributed by atoms with van der Waals surface area (Å²) >= 11 is 9.87. The molecule has 1 aromatic carbocycles. The summed E-state index contributed by atoms with van der Waals surface area (Å²) < 4.78 is 0. The first-order chi connectivity index (χ1) is 11.0. The first-order valence-electron chi connectivity index (χ1n) is 7.96. The molecule has 5 nitrogen and oxygen atoms in total. The molecule has 23 heavy (non-hydrogen) atoms. The highest BCUT2D eigenvalue weighted by molar-refractivity contribution is 7.82. The number of nitrogens with zero attached hydrogens (tertiary/aromatic N) is 2. The second-order valence-corrected chi connectivity index (χ2v) is 6.62. The standard InChI is InChI=1S/C16H25N5S2/c1-3-12(2)20-8-10-21(11-9-20)14-6-4-13(5-7-14)18-16(23)19-15(17)22/h4-7,12H,3,8-11H2,1-2H3,(H4,17,18,19,22,23). The number of hydrogen-bond donors (Lipinski definition) is 3. The van der Waals surface area contributed by atoms with E-state index in [0.29, 0.717) is 11.2 Å². The van der Waals surface area contributed by atoms with Gasteiger partial charge in [0.25, 0.3) is 0 Å². The number of hydrogen-bond acceptors (Lipinski definition) is 4. The molecule has 1 aliphatic heterocycles. The number of rotatable bonds is 4. The molecule has 0 radical (unpaired) electrons. The van der Waals surface area contributed by atoms with Crippen molar-refractivity contribution in [3.63, 3.8) is 0 Å². The van der Waals surface area contributed by atoms with Crippen molar-refractivity contribution in [1.82, 2.24) is 10.2 Å². The van der Waals surface area contributed by atoms with Crippen LogP contribution in [0.3, 0.4) is 0 Å². The third-order valence-corrected chi connectivity index (χ3v) is 4.56. The Morgan fingerprint density at radius 3 is 2.30 bits per heavy atom. The zero-order valence-corrected chi connectivity index (χ0v) is 15.3. The van der Waals surface area contributed by atoms with Crippen LogP contribution in [0.1, 0.15) is 20.3 Å². The molecular weight excluding hydrogens is 326 g/mol. The maximum absolute atomic E-state index is 5.39. The Bertz CT molecular complexity index is 538. The number of nitrogens with one attached hydrogen (secondary N) is 2. The highest BCUT2D eigenvalue weighted by Crippen LogP contribution is 2.20. The van der Waals surface area contributed by atoms with Gasteiger partial charge in [-0.3, -0.25) is 4.90 Å². The van der Waals surface area contributed by atoms with Crippen LogP contribution in [-0.2, 0) is 0 Å². The van der Waals surface area contributed by atoms with Gasteiger partial charge in [0.05, 0.1) is 0 Å². The Hall–Kier alpha value is -1.44. The van der Waals surface area contributed by atoms with Gasteiger partial charge in [-0.25, -0.2) is 0 Å². The van der Waals surface area contributed by atoms with Gasteiger partial charge in [-0.05, 0) is 62.0 Å². The van der Waals surface area contributed by atoms with Crippen molar-refractivity contribution < 1.29 is 0 Å². The number of piperazine rings is 1. The van der Waals surface area contributed by atoms with Crippen LogP contribution < -0.4 is 21.3 Å². The average Bonchev–Trinajstić information content (AvgIpc) is 2.54. The smallest absolute Gasteiger partial charge is 0.177 e. The van der Waals surface area contributed by atoms with E-state index in [2.05, 4.69) is 46.4 Å². The van der Waals surface area contributed by atoms with Crippen molar-refractivity contribution >= 4 is 46.0 Å². The van der Waals surface area contributed by atoms with Crippen molar-refractivity contribution in [2.45, 2.75) is 26.3 Å². The molecule has 7 heteroatoms. The van der Waals surface area contributed by atoms with Crippen molar-refractivity contribution in [2.75, 3.05) is 36.4 Å². The Morgan fingerprint density at radius 1 is 1.17 bits per heavy atom. The molecule has 4 N–H and O–H groups in total. The van der Waals surface area contributed by atoms with E-state index in [4.69, 9.17) is 30.2 Å². The molecule has 0 amide bonds. The number of benzene rings is 1. The molecule has 0 aromatic heterocycles. The first kappa shape index (κ1) is 17.9. The van der Waals surface area contributed by atoms with Crippen LogP contribution >= 0.6 is 24.4 Å². The summed E-state index contributed by atoms with van der Waals surface area (Å²) in [7, 11) is 0. The maximum Gasteiger partial charge on any atom is 0.177 e. The lowest BCUT2D eigenvalue weighted by molar-refractivity contribution is 0.193. The first-order valence-corrected chi connectivity index (χ1v) is 8.77. The van der Waals surface area contributed by atoms with E-state index >= 15 is 0 Å². The predicted octanol–water partition coefficient (Wildman–Crippen LogP) is 2.14. The minimum Gasteiger partial charge on any atom is -0.376 e. The van der Waals surface area contributed by atoms with Gasteiger partial charge in [-0.2, -0.15) is 0 Å². The van der Waals surface area contributed by atoms with Gasteiger partial charge in [-0.1, -0.05) is 6.92 Å². The molecule has 0 spiro atoms. The number of anilines is 2. The molecule has 1 heterocycles. The SMILES string of the molecule is CCC(C)N1CCN(c2ccc(NC(=S)NC(N)=S)cc2)CC1. The van der Waals surface area contributed by atoms with E-state index in [1.54, 1.807) is 0 Å². The summed E-state index contributed by atoms with van der Waals surface area (Å²) in [5, 5.41) is 6.34. The molecule has 0 saturated carbocycles. The monoisotopic (exact) mass is 351 g/mol. The van der Waals surface area contributed by atoms with Gasteiger partial charge in [0, 0.05) is 43.6 Å². The van der Waals surface area contributed by atoms with Crippen LogP contribution in [0, 0.1) is 0 Å².